The van der Waals surface area contributed by atoms with Crippen LogP contribution in [0.5, 0.6) is 11.5 Å². The zero-order valence-corrected chi connectivity index (χ0v) is 25.4. The molecule has 2 aliphatic rings. The third kappa shape index (κ3) is 4.54. The van der Waals surface area contributed by atoms with E-state index in [1.54, 1.807) is 26.8 Å². The number of nitrogens with zero attached hydrogens (tertiary/aromatic N) is 5. The van der Waals surface area contributed by atoms with E-state index < -0.39 is 83.3 Å². The fourth-order valence-electron chi connectivity index (χ4n) is 6.30. The topological polar surface area (TPSA) is 146 Å². The maximum absolute atomic E-state index is 17.2. The van der Waals surface area contributed by atoms with Crippen molar-refractivity contribution in [1.82, 2.24) is 19.4 Å². The van der Waals surface area contributed by atoms with E-state index in [1.807, 2.05) is 0 Å². The SMILES string of the molecule is C=CC(=O)N1CCN2c3nc(=O)n(-c4c(C)ccnc4C(C)C)c4c(F)c(-c5c(O)cccc5O)c(F)c(c34)S(=O)(=O)CC2C1. The Kier molecular flexibility index (Phi) is 7.14. The molecule has 11 nitrogen and oxygen atoms in total. The number of halogens is 2. The van der Waals surface area contributed by atoms with Gasteiger partial charge in [-0.3, -0.25) is 14.3 Å². The Morgan fingerprint density at radius 3 is 2.44 bits per heavy atom. The van der Waals surface area contributed by atoms with Gasteiger partial charge < -0.3 is 20.0 Å². The highest BCUT2D eigenvalue weighted by Crippen LogP contribution is 2.48. The number of phenols is 2. The normalized spacial score (nSPS) is 17.3. The van der Waals surface area contributed by atoms with Crippen LogP contribution in [0.4, 0.5) is 14.6 Å². The van der Waals surface area contributed by atoms with E-state index in [0.717, 1.165) is 22.8 Å². The molecule has 1 fully saturated rings. The fourth-order valence-corrected chi connectivity index (χ4v) is 8.14. The van der Waals surface area contributed by atoms with Crippen molar-refractivity contribution in [3.8, 4) is 28.3 Å². The Labute approximate surface area is 256 Å². The van der Waals surface area contributed by atoms with Crippen LogP contribution < -0.4 is 10.6 Å². The van der Waals surface area contributed by atoms with Gasteiger partial charge in [0.1, 0.15) is 22.2 Å². The number of amides is 1. The highest BCUT2D eigenvalue weighted by molar-refractivity contribution is 7.91. The van der Waals surface area contributed by atoms with E-state index in [2.05, 4.69) is 16.5 Å². The molecule has 1 amide bonds. The molecule has 14 heteroatoms. The lowest BCUT2D eigenvalue weighted by Crippen LogP contribution is -2.57. The minimum Gasteiger partial charge on any atom is -0.507 e. The number of carbonyl (C=O) groups is 1. The number of pyridine rings is 1. The molecule has 2 aromatic carbocycles. The van der Waals surface area contributed by atoms with Crippen molar-refractivity contribution in [3.05, 3.63) is 76.5 Å². The van der Waals surface area contributed by atoms with E-state index in [0.29, 0.717) is 11.3 Å². The zero-order valence-electron chi connectivity index (χ0n) is 24.6. The van der Waals surface area contributed by atoms with Gasteiger partial charge in [-0.1, -0.05) is 26.5 Å². The molecule has 1 saturated heterocycles. The summed E-state index contributed by atoms with van der Waals surface area (Å²) in [6.45, 7) is 8.77. The molecular formula is C31H29F2N5O6S. The van der Waals surface area contributed by atoms with Crippen molar-refractivity contribution in [1.29, 1.82) is 0 Å². The smallest absolute Gasteiger partial charge is 0.354 e. The van der Waals surface area contributed by atoms with Gasteiger partial charge in [0.2, 0.25) is 5.91 Å². The summed E-state index contributed by atoms with van der Waals surface area (Å²) in [5.74, 6) is -6.07. The molecule has 234 valence electrons. The Hall–Kier alpha value is -4.85. The van der Waals surface area contributed by atoms with Crippen molar-refractivity contribution < 1.29 is 32.2 Å². The zero-order chi connectivity index (χ0) is 32.5. The Morgan fingerprint density at radius 1 is 1.11 bits per heavy atom. The Balaban J connectivity index is 1.84. The van der Waals surface area contributed by atoms with Crippen LogP contribution in [0.1, 0.15) is 31.0 Å². The van der Waals surface area contributed by atoms with Gasteiger partial charge in [0, 0.05) is 25.8 Å². The predicted octanol–water partition coefficient (Wildman–Crippen LogP) is 3.56. The number of phenolic OH excluding ortho intramolecular Hbond substituents is 2. The summed E-state index contributed by atoms with van der Waals surface area (Å²) in [4.78, 5) is 37.1. The Bertz CT molecular complexity index is 2090. The van der Waals surface area contributed by atoms with Gasteiger partial charge in [-0.2, -0.15) is 4.98 Å². The van der Waals surface area contributed by atoms with Crippen LogP contribution in [-0.2, 0) is 14.6 Å². The predicted molar refractivity (Wildman–Crippen MR) is 163 cm³/mol. The van der Waals surface area contributed by atoms with Gasteiger partial charge in [-0.25, -0.2) is 22.0 Å². The van der Waals surface area contributed by atoms with E-state index in [9.17, 15) is 28.2 Å². The lowest BCUT2D eigenvalue weighted by Gasteiger charge is -2.41. The number of aromatic hydroxyl groups is 2. The lowest BCUT2D eigenvalue weighted by molar-refractivity contribution is -0.126. The second kappa shape index (κ2) is 10.6. The van der Waals surface area contributed by atoms with Gasteiger partial charge in [0.05, 0.1) is 45.2 Å². The molecule has 0 radical (unpaired) electrons. The van der Waals surface area contributed by atoms with Gasteiger partial charge in [0.25, 0.3) is 0 Å². The molecule has 4 heterocycles. The average molecular weight is 638 g/mol. The first-order chi connectivity index (χ1) is 21.3. The summed E-state index contributed by atoms with van der Waals surface area (Å²) in [6.07, 6.45) is 2.61. The van der Waals surface area contributed by atoms with E-state index >= 15 is 8.78 Å². The van der Waals surface area contributed by atoms with Gasteiger partial charge >= 0.3 is 5.69 Å². The second-order valence-corrected chi connectivity index (χ2v) is 13.4. The molecule has 45 heavy (non-hydrogen) atoms. The summed E-state index contributed by atoms with van der Waals surface area (Å²) in [5.41, 5.74) is -2.31. The van der Waals surface area contributed by atoms with E-state index in [-0.39, 0.29) is 37.1 Å². The standard InChI is InChI=1S/C31H29F2N5O6S/c1-5-20(41)36-11-12-37-17(13-36)14-45(43,44)29-23-28(24(32)22(25(29)33)21-18(39)7-6-8-19(21)40)38(31(42)35-30(23)37)27-16(4)9-10-34-26(27)15(2)3/h5-10,15,17,39-40H,1,11-14H2,2-4H3. The van der Waals surface area contributed by atoms with Crippen molar-refractivity contribution in [2.75, 3.05) is 30.3 Å². The van der Waals surface area contributed by atoms with Crippen LogP contribution in [0, 0.1) is 18.6 Å². The molecule has 0 aliphatic carbocycles. The summed E-state index contributed by atoms with van der Waals surface area (Å²) >= 11 is 0. The van der Waals surface area contributed by atoms with Gasteiger partial charge in [-0.15, -0.1) is 0 Å². The van der Waals surface area contributed by atoms with Crippen LogP contribution in [0.25, 0.3) is 27.7 Å². The summed E-state index contributed by atoms with van der Waals surface area (Å²) < 4.78 is 63.2. The molecule has 2 N–H and O–H groups in total. The summed E-state index contributed by atoms with van der Waals surface area (Å²) in [6, 6.07) is 4.04. The minimum atomic E-state index is -4.64. The van der Waals surface area contributed by atoms with Crippen LogP contribution in [0.3, 0.4) is 0 Å². The number of benzene rings is 2. The summed E-state index contributed by atoms with van der Waals surface area (Å²) in [5, 5.41) is 20.9. The number of carbonyl (C=O) groups excluding carboxylic acids is 1. The number of piperazine rings is 1. The molecule has 2 aliphatic heterocycles. The van der Waals surface area contributed by atoms with Gasteiger partial charge in [-0.05, 0) is 42.7 Å². The minimum absolute atomic E-state index is 0.0131. The highest BCUT2D eigenvalue weighted by Gasteiger charge is 2.43. The average Bonchev–Trinajstić information content (AvgIpc) is 3.07. The van der Waals surface area contributed by atoms with E-state index in [4.69, 9.17) is 0 Å². The molecule has 0 saturated carbocycles. The third-order valence-corrected chi connectivity index (χ3v) is 10.1. The number of fused-ring (bicyclic) bond motifs is 2. The molecule has 0 bridgehead atoms. The number of hydrogen-bond donors (Lipinski definition) is 2. The fraction of sp³-hybridized carbons (Fsp3) is 0.290. The van der Waals surface area contributed by atoms with Crippen molar-refractivity contribution in [2.24, 2.45) is 0 Å². The number of aryl methyl sites for hydroxylation is 1. The van der Waals surface area contributed by atoms with Crippen molar-refractivity contribution in [3.63, 3.8) is 0 Å². The first-order valence-corrected chi connectivity index (χ1v) is 15.8. The quantitative estimate of drug-likeness (QED) is 0.253. The number of sulfone groups is 1. The monoisotopic (exact) mass is 637 g/mol. The number of aromatic nitrogens is 3. The van der Waals surface area contributed by atoms with Crippen LogP contribution in [0.2, 0.25) is 0 Å². The molecule has 1 atom stereocenters. The first kappa shape index (κ1) is 30.2. The van der Waals surface area contributed by atoms with Crippen LogP contribution in [0.15, 0.2) is 52.8 Å². The number of rotatable bonds is 4. The maximum Gasteiger partial charge on any atom is 0.354 e. The van der Waals surface area contributed by atoms with Crippen molar-refractivity contribution >= 4 is 32.5 Å². The summed E-state index contributed by atoms with van der Waals surface area (Å²) in [7, 11) is -4.64. The van der Waals surface area contributed by atoms with Crippen LogP contribution >= 0.6 is 0 Å². The third-order valence-electron chi connectivity index (χ3n) is 8.31. The van der Waals surface area contributed by atoms with Crippen molar-refractivity contribution in [2.45, 2.75) is 37.6 Å². The molecule has 4 aromatic rings. The molecule has 2 aromatic heterocycles. The number of hydrogen-bond acceptors (Lipinski definition) is 9. The molecule has 6 rings (SSSR count). The maximum atomic E-state index is 17.2. The second-order valence-electron chi connectivity index (χ2n) is 11.4. The lowest BCUT2D eigenvalue weighted by atomic mass is 9.98. The molecule has 1 unspecified atom stereocenters. The van der Waals surface area contributed by atoms with Crippen LogP contribution in [-0.4, -0.2) is 75.4 Å². The molecule has 0 spiro atoms. The highest BCUT2D eigenvalue weighted by atomic mass is 32.2. The van der Waals surface area contributed by atoms with Gasteiger partial charge in [0.15, 0.2) is 21.5 Å². The Morgan fingerprint density at radius 2 is 1.80 bits per heavy atom. The largest absolute Gasteiger partial charge is 0.507 e. The van der Waals surface area contributed by atoms with E-state index in [1.165, 1.54) is 22.1 Å². The molecular weight excluding hydrogens is 608 g/mol. The first-order valence-electron chi connectivity index (χ1n) is 14.1. The number of anilines is 1.